The third-order valence-corrected chi connectivity index (χ3v) is 4.01. The van der Waals surface area contributed by atoms with Crippen molar-refractivity contribution in [3.8, 4) is 0 Å². The molecule has 19 heavy (non-hydrogen) atoms. The van der Waals surface area contributed by atoms with E-state index in [1.807, 2.05) is 0 Å². The standard InChI is InChI=1S/C15H36N4/c1-8-13-19(18(10-3)11-4)14-12-15(5,16-9-2)17(6)7/h16H,8-14H2,1-7H3. The van der Waals surface area contributed by atoms with Gasteiger partial charge in [0.25, 0.3) is 0 Å². The van der Waals surface area contributed by atoms with Gasteiger partial charge in [0.05, 0.1) is 5.66 Å². The van der Waals surface area contributed by atoms with Crippen molar-refractivity contribution in [2.75, 3.05) is 46.8 Å². The third kappa shape index (κ3) is 6.21. The van der Waals surface area contributed by atoms with Gasteiger partial charge in [-0.25, -0.2) is 10.0 Å². The number of nitrogens with one attached hydrogen (secondary N) is 1. The van der Waals surface area contributed by atoms with Gasteiger partial charge in [-0.05, 0) is 40.4 Å². The molecule has 0 fully saturated rings. The quantitative estimate of drug-likeness (QED) is 0.460. The average Bonchev–Trinajstić information content (AvgIpc) is 2.37. The van der Waals surface area contributed by atoms with E-state index in [0.29, 0.717) is 0 Å². The lowest BCUT2D eigenvalue weighted by molar-refractivity contribution is -0.0315. The van der Waals surface area contributed by atoms with E-state index in [4.69, 9.17) is 0 Å². The monoisotopic (exact) mass is 272 g/mol. The molecular formula is C15H36N4. The van der Waals surface area contributed by atoms with Crippen molar-refractivity contribution in [2.24, 2.45) is 0 Å². The van der Waals surface area contributed by atoms with Crippen molar-refractivity contribution in [2.45, 2.75) is 53.1 Å². The van der Waals surface area contributed by atoms with Crippen LogP contribution in [-0.4, -0.2) is 67.4 Å². The Bertz CT molecular complexity index is 216. The topological polar surface area (TPSA) is 21.8 Å². The molecular weight excluding hydrogens is 236 g/mol. The Morgan fingerprint density at radius 3 is 1.84 bits per heavy atom. The summed E-state index contributed by atoms with van der Waals surface area (Å²) in [4.78, 5) is 2.29. The first-order valence-electron chi connectivity index (χ1n) is 7.87. The van der Waals surface area contributed by atoms with Gasteiger partial charge in [-0.15, -0.1) is 0 Å². The Morgan fingerprint density at radius 2 is 1.47 bits per heavy atom. The molecule has 1 N–H and O–H groups in total. The molecule has 0 heterocycles. The van der Waals surface area contributed by atoms with Crippen molar-refractivity contribution >= 4 is 0 Å². The van der Waals surface area contributed by atoms with Crippen molar-refractivity contribution in [3.63, 3.8) is 0 Å². The Morgan fingerprint density at radius 1 is 0.895 bits per heavy atom. The van der Waals surface area contributed by atoms with Crippen LogP contribution in [0.2, 0.25) is 0 Å². The summed E-state index contributed by atoms with van der Waals surface area (Å²) in [6.07, 6.45) is 2.33. The molecule has 0 aliphatic heterocycles. The number of hydrogen-bond donors (Lipinski definition) is 1. The maximum absolute atomic E-state index is 3.61. The number of nitrogens with zero attached hydrogens (tertiary/aromatic N) is 3. The van der Waals surface area contributed by atoms with Crippen LogP contribution in [-0.2, 0) is 0 Å². The lowest BCUT2D eigenvalue weighted by atomic mass is 10.1. The summed E-state index contributed by atoms with van der Waals surface area (Å²) >= 11 is 0. The first-order valence-corrected chi connectivity index (χ1v) is 7.87. The van der Waals surface area contributed by atoms with Crippen LogP contribution in [0.25, 0.3) is 0 Å². The third-order valence-electron chi connectivity index (χ3n) is 4.01. The summed E-state index contributed by atoms with van der Waals surface area (Å²) in [6, 6.07) is 0. The minimum Gasteiger partial charge on any atom is -0.300 e. The van der Waals surface area contributed by atoms with Gasteiger partial charge in [0.15, 0.2) is 0 Å². The summed E-state index contributed by atoms with van der Waals surface area (Å²) in [7, 11) is 4.31. The highest BCUT2D eigenvalue weighted by molar-refractivity contribution is 4.80. The van der Waals surface area contributed by atoms with Crippen LogP contribution in [0.3, 0.4) is 0 Å². The minimum atomic E-state index is 0.0773. The second-order valence-corrected chi connectivity index (χ2v) is 5.54. The van der Waals surface area contributed by atoms with Crippen molar-refractivity contribution in [1.82, 2.24) is 20.2 Å². The fourth-order valence-corrected chi connectivity index (χ4v) is 2.47. The first kappa shape index (κ1) is 18.8. The predicted molar refractivity (Wildman–Crippen MR) is 85.2 cm³/mol. The van der Waals surface area contributed by atoms with Crippen LogP contribution in [0.5, 0.6) is 0 Å². The highest BCUT2D eigenvalue weighted by Crippen LogP contribution is 2.14. The number of rotatable bonds is 11. The molecule has 0 amide bonds. The fraction of sp³-hybridized carbons (Fsp3) is 1.00. The maximum atomic E-state index is 3.61. The number of hydrogen-bond acceptors (Lipinski definition) is 4. The summed E-state index contributed by atoms with van der Waals surface area (Å²) in [6.45, 7) is 16.7. The molecule has 0 aromatic carbocycles. The zero-order valence-electron chi connectivity index (χ0n) is 14.3. The van der Waals surface area contributed by atoms with E-state index in [2.05, 4.69) is 68.9 Å². The predicted octanol–water partition coefficient (Wildman–Crippen LogP) is 2.23. The van der Waals surface area contributed by atoms with E-state index in [9.17, 15) is 0 Å². The Kier molecular flexibility index (Phi) is 9.62. The zero-order valence-corrected chi connectivity index (χ0v) is 14.3. The van der Waals surface area contributed by atoms with E-state index in [1.54, 1.807) is 0 Å². The van der Waals surface area contributed by atoms with Gasteiger partial charge in [0.2, 0.25) is 0 Å². The second kappa shape index (κ2) is 9.70. The van der Waals surface area contributed by atoms with Gasteiger partial charge < -0.3 is 0 Å². The van der Waals surface area contributed by atoms with E-state index >= 15 is 0 Å². The molecule has 116 valence electrons. The molecule has 0 rings (SSSR count). The molecule has 4 nitrogen and oxygen atoms in total. The first-order chi connectivity index (χ1) is 8.95. The lowest BCUT2D eigenvalue weighted by Crippen LogP contribution is -2.56. The fourth-order valence-electron chi connectivity index (χ4n) is 2.47. The van der Waals surface area contributed by atoms with Crippen LogP contribution in [0, 0.1) is 0 Å². The van der Waals surface area contributed by atoms with Gasteiger partial charge in [-0.2, -0.15) is 0 Å². The lowest BCUT2D eigenvalue weighted by Gasteiger charge is -2.41. The van der Waals surface area contributed by atoms with Crippen LogP contribution in [0.4, 0.5) is 0 Å². The molecule has 0 saturated carbocycles. The molecule has 0 aliphatic rings. The van der Waals surface area contributed by atoms with Gasteiger partial charge in [0.1, 0.15) is 0 Å². The van der Waals surface area contributed by atoms with Crippen molar-refractivity contribution < 1.29 is 0 Å². The molecule has 0 saturated heterocycles. The molecule has 0 aromatic heterocycles. The summed E-state index contributed by atoms with van der Waals surface area (Å²) in [5.41, 5.74) is 0.0773. The Balaban J connectivity index is 4.58. The smallest absolute Gasteiger partial charge is 0.0691 e. The van der Waals surface area contributed by atoms with E-state index in [-0.39, 0.29) is 5.66 Å². The average molecular weight is 272 g/mol. The summed E-state index contributed by atoms with van der Waals surface area (Å²) in [5.74, 6) is 0. The van der Waals surface area contributed by atoms with Crippen LogP contribution in [0.1, 0.15) is 47.5 Å². The van der Waals surface area contributed by atoms with Crippen molar-refractivity contribution in [1.29, 1.82) is 0 Å². The second-order valence-electron chi connectivity index (χ2n) is 5.54. The van der Waals surface area contributed by atoms with Crippen LogP contribution >= 0.6 is 0 Å². The molecule has 1 unspecified atom stereocenters. The zero-order chi connectivity index (χ0) is 14.9. The minimum absolute atomic E-state index is 0.0773. The van der Waals surface area contributed by atoms with Gasteiger partial charge in [-0.1, -0.05) is 27.7 Å². The summed E-state index contributed by atoms with van der Waals surface area (Å²) in [5, 5.41) is 8.57. The molecule has 0 aromatic rings. The SMILES string of the molecule is CCCN(CCC(C)(NCC)N(C)C)N(CC)CC. The molecule has 1 atom stereocenters. The number of hydrazine groups is 1. The molecule has 0 bridgehead atoms. The van der Waals surface area contributed by atoms with E-state index < -0.39 is 0 Å². The van der Waals surface area contributed by atoms with Gasteiger partial charge in [0, 0.05) is 26.2 Å². The molecule has 4 heteroatoms. The van der Waals surface area contributed by atoms with Crippen LogP contribution in [0.15, 0.2) is 0 Å². The normalized spacial score (nSPS) is 15.5. The molecule has 0 aliphatic carbocycles. The highest BCUT2D eigenvalue weighted by atomic mass is 15.6. The largest absolute Gasteiger partial charge is 0.300 e. The van der Waals surface area contributed by atoms with E-state index in [1.165, 1.54) is 6.42 Å². The molecule has 0 spiro atoms. The Labute approximate surface area is 121 Å². The maximum Gasteiger partial charge on any atom is 0.0691 e. The van der Waals surface area contributed by atoms with Gasteiger partial charge in [-0.3, -0.25) is 10.2 Å². The van der Waals surface area contributed by atoms with E-state index in [0.717, 1.165) is 39.1 Å². The van der Waals surface area contributed by atoms with Crippen molar-refractivity contribution in [3.05, 3.63) is 0 Å². The molecule has 0 radical (unpaired) electrons. The highest BCUT2D eigenvalue weighted by Gasteiger charge is 2.26. The summed E-state index contributed by atoms with van der Waals surface area (Å²) < 4.78 is 0. The van der Waals surface area contributed by atoms with Crippen LogP contribution < -0.4 is 5.32 Å². The Hall–Kier alpha value is -0.160. The van der Waals surface area contributed by atoms with Gasteiger partial charge >= 0.3 is 0 Å².